The van der Waals surface area contributed by atoms with Gasteiger partial charge in [0.15, 0.2) is 0 Å². The van der Waals surface area contributed by atoms with Crippen LogP contribution in [0.15, 0.2) is 48.6 Å². The summed E-state index contributed by atoms with van der Waals surface area (Å²) in [6.45, 7) is 0. The van der Waals surface area contributed by atoms with Crippen molar-refractivity contribution >= 4 is 63.9 Å². The molecule has 2 aromatic rings. The zero-order chi connectivity index (χ0) is 21.2. The summed E-state index contributed by atoms with van der Waals surface area (Å²) in [7, 11) is 0. The molecule has 5 nitrogen and oxygen atoms in total. The second kappa shape index (κ2) is 7.12. The molecule has 0 radical (unpaired) electrons. The van der Waals surface area contributed by atoms with Crippen LogP contribution in [0.3, 0.4) is 0 Å². The highest BCUT2D eigenvalue weighted by atomic mass is 35.5. The minimum atomic E-state index is -0.447. The molecule has 2 bridgehead atoms. The highest BCUT2D eigenvalue weighted by Gasteiger charge is 2.59. The molecule has 152 valence electrons. The van der Waals surface area contributed by atoms with Crippen LogP contribution in [0, 0.1) is 23.7 Å². The van der Waals surface area contributed by atoms with E-state index in [0.29, 0.717) is 16.4 Å². The largest absolute Gasteiger partial charge is 0.321 e. The minimum Gasteiger partial charge on any atom is -0.321 e. The lowest BCUT2D eigenvalue weighted by Crippen LogP contribution is -2.32. The van der Waals surface area contributed by atoms with E-state index in [1.54, 1.807) is 18.2 Å². The molecule has 8 heteroatoms. The lowest BCUT2D eigenvalue weighted by Gasteiger charge is -2.18. The first-order valence-electron chi connectivity index (χ1n) is 9.47. The fourth-order valence-corrected chi connectivity index (χ4v) is 5.48. The first kappa shape index (κ1) is 19.6. The Balaban J connectivity index is 1.38. The van der Waals surface area contributed by atoms with Gasteiger partial charge in [0.05, 0.1) is 38.8 Å². The molecule has 30 heavy (non-hydrogen) atoms. The van der Waals surface area contributed by atoms with Crippen LogP contribution in [0.1, 0.15) is 16.8 Å². The number of hydrogen-bond acceptors (Lipinski definition) is 3. The summed E-state index contributed by atoms with van der Waals surface area (Å²) in [4.78, 5) is 39.7. The molecule has 2 aliphatic carbocycles. The van der Waals surface area contributed by atoms with Gasteiger partial charge in [-0.3, -0.25) is 14.4 Å². The Labute approximate surface area is 187 Å². The van der Waals surface area contributed by atoms with Gasteiger partial charge in [-0.1, -0.05) is 47.0 Å². The molecule has 1 saturated heterocycles. The molecule has 1 heterocycles. The monoisotopic (exact) mass is 460 g/mol. The average Bonchev–Trinajstić information content (AvgIpc) is 3.37. The van der Waals surface area contributed by atoms with Crippen molar-refractivity contribution in [3.8, 4) is 0 Å². The maximum absolute atomic E-state index is 12.9. The summed E-state index contributed by atoms with van der Waals surface area (Å²) in [6.07, 6.45) is 4.97. The first-order valence-corrected chi connectivity index (χ1v) is 10.6. The molecular formula is C22H15Cl3N2O3. The Kier molecular flexibility index (Phi) is 4.65. The SMILES string of the molecule is O=C(Nc1ccc(N2C(=O)[C@@H]3[C@@H](C2=O)[C@H]2C=C[C@@H]3C2)cc1Cl)c1ccc(Cl)cc1Cl. The van der Waals surface area contributed by atoms with E-state index in [2.05, 4.69) is 5.32 Å². The van der Waals surface area contributed by atoms with E-state index in [1.807, 2.05) is 12.2 Å². The normalized spacial score (nSPS) is 26.4. The van der Waals surface area contributed by atoms with E-state index >= 15 is 0 Å². The second-order valence-corrected chi connectivity index (χ2v) is 9.01. The van der Waals surface area contributed by atoms with Crippen LogP contribution >= 0.6 is 34.8 Å². The number of carbonyl (C=O) groups is 3. The summed E-state index contributed by atoms with van der Waals surface area (Å²) in [6, 6.07) is 9.26. The first-order chi connectivity index (χ1) is 14.3. The quantitative estimate of drug-likeness (QED) is 0.504. The van der Waals surface area contributed by atoms with E-state index < -0.39 is 5.91 Å². The molecule has 1 saturated carbocycles. The van der Waals surface area contributed by atoms with Crippen LogP contribution in [-0.4, -0.2) is 17.7 Å². The van der Waals surface area contributed by atoms with Crippen molar-refractivity contribution in [3.63, 3.8) is 0 Å². The van der Waals surface area contributed by atoms with E-state index in [4.69, 9.17) is 34.8 Å². The molecular weight excluding hydrogens is 447 g/mol. The molecule has 0 aromatic heterocycles. The number of rotatable bonds is 3. The number of halogens is 3. The Morgan fingerprint density at radius 3 is 2.17 bits per heavy atom. The number of imide groups is 1. The Morgan fingerprint density at radius 1 is 0.900 bits per heavy atom. The van der Waals surface area contributed by atoms with Crippen molar-refractivity contribution in [1.82, 2.24) is 0 Å². The van der Waals surface area contributed by atoms with Crippen LogP contribution in [0.25, 0.3) is 0 Å². The molecule has 1 aliphatic heterocycles. The van der Waals surface area contributed by atoms with Gasteiger partial charge in [-0.2, -0.15) is 0 Å². The lowest BCUT2D eigenvalue weighted by atomic mass is 9.85. The molecule has 1 N–H and O–H groups in total. The maximum Gasteiger partial charge on any atom is 0.257 e. The number of anilines is 2. The van der Waals surface area contributed by atoms with E-state index in [9.17, 15) is 14.4 Å². The zero-order valence-electron chi connectivity index (χ0n) is 15.4. The summed E-state index contributed by atoms with van der Waals surface area (Å²) in [5.74, 6) is -1.09. The average molecular weight is 462 g/mol. The molecule has 3 aliphatic rings. The fourth-order valence-electron chi connectivity index (χ4n) is 4.76. The maximum atomic E-state index is 12.9. The highest BCUT2D eigenvalue weighted by Crippen LogP contribution is 2.53. The zero-order valence-corrected chi connectivity index (χ0v) is 17.7. The van der Waals surface area contributed by atoms with Crippen LogP contribution < -0.4 is 10.2 Å². The summed E-state index contributed by atoms with van der Waals surface area (Å²) in [5.41, 5.74) is 1.01. The molecule has 3 amide bonds. The molecule has 0 unspecified atom stereocenters. The van der Waals surface area contributed by atoms with Gasteiger partial charge in [-0.25, -0.2) is 4.90 Å². The topological polar surface area (TPSA) is 66.5 Å². The lowest BCUT2D eigenvalue weighted by molar-refractivity contribution is -0.123. The van der Waals surface area contributed by atoms with Gasteiger partial charge in [-0.15, -0.1) is 0 Å². The number of nitrogens with one attached hydrogen (secondary N) is 1. The molecule has 2 fully saturated rings. The van der Waals surface area contributed by atoms with Crippen molar-refractivity contribution in [2.45, 2.75) is 6.42 Å². The smallest absolute Gasteiger partial charge is 0.257 e. The predicted octanol–water partition coefficient (Wildman–Crippen LogP) is 5.21. The number of fused-ring (bicyclic) bond motifs is 5. The highest BCUT2D eigenvalue weighted by molar-refractivity contribution is 6.38. The van der Waals surface area contributed by atoms with Crippen LogP contribution in [-0.2, 0) is 9.59 Å². The number of nitrogens with zero attached hydrogens (tertiary/aromatic N) is 1. The molecule has 4 atom stereocenters. The third-order valence-corrected chi connectivity index (χ3v) is 6.97. The number of allylic oxidation sites excluding steroid dienone is 2. The van der Waals surface area contributed by atoms with E-state index in [-0.39, 0.29) is 51.1 Å². The van der Waals surface area contributed by atoms with Crippen molar-refractivity contribution in [2.75, 3.05) is 10.2 Å². The van der Waals surface area contributed by atoms with Crippen LogP contribution in [0.2, 0.25) is 15.1 Å². The Bertz CT molecular complexity index is 1120. The van der Waals surface area contributed by atoms with Crippen LogP contribution in [0.5, 0.6) is 0 Å². The number of amides is 3. The fraction of sp³-hybridized carbons (Fsp3) is 0.227. The van der Waals surface area contributed by atoms with Gasteiger partial charge in [-0.05, 0) is 54.7 Å². The van der Waals surface area contributed by atoms with Crippen molar-refractivity contribution < 1.29 is 14.4 Å². The van der Waals surface area contributed by atoms with Crippen molar-refractivity contribution in [1.29, 1.82) is 0 Å². The van der Waals surface area contributed by atoms with Gasteiger partial charge in [0.1, 0.15) is 0 Å². The molecule has 0 spiro atoms. The number of hydrogen-bond donors (Lipinski definition) is 1. The van der Waals surface area contributed by atoms with Gasteiger partial charge >= 0.3 is 0 Å². The second-order valence-electron chi connectivity index (χ2n) is 7.75. The Morgan fingerprint density at radius 2 is 1.57 bits per heavy atom. The van der Waals surface area contributed by atoms with Crippen molar-refractivity contribution in [2.24, 2.45) is 23.7 Å². The standard InChI is InChI=1S/C22H15Cl3N2O3/c23-12-3-5-14(15(24)8-12)20(28)26-17-6-4-13(9-16(17)25)27-21(29)18-10-1-2-11(7-10)19(18)22(27)30/h1-6,8-11,18-19H,7H2,(H,26,28)/t10-,11+,18-,19-/m0/s1. The third kappa shape index (κ3) is 2.96. The number of benzene rings is 2. The Hall–Kier alpha value is -2.34. The summed E-state index contributed by atoms with van der Waals surface area (Å²) >= 11 is 18.3. The third-order valence-electron chi connectivity index (χ3n) is 6.11. The summed E-state index contributed by atoms with van der Waals surface area (Å²) < 4.78 is 0. The van der Waals surface area contributed by atoms with E-state index in [0.717, 1.165) is 6.42 Å². The van der Waals surface area contributed by atoms with Gasteiger partial charge in [0, 0.05) is 5.02 Å². The predicted molar refractivity (Wildman–Crippen MR) is 116 cm³/mol. The summed E-state index contributed by atoms with van der Waals surface area (Å²) in [5, 5.41) is 3.55. The number of carbonyl (C=O) groups excluding carboxylic acids is 3. The van der Waals surface area contributed by atoms with Crippen LogP contribution in [0.4, 0.5) is 11.4 Å². The van der Waals surface area contributed by atoms with E-state index in [1.165, 1.54) is 23.1 Å². The molecule has 2 aromatic carbocycles. The van der Waals surface area contributed by atoms with Gasteiger partial charge < -0.3 is 5.32 Å². The van der Waals surface area contributed by atoms with Gasteiger partial charge in [0.25, 0.3) is 5.91 Å². The van der Waals surface area contributed by atoms with Crippen molar-refractivity contribution in [3.05, 3.63) is 69.2 Å². The van der Waals surface area contributed by atoms with Gasteiger partial charge in [0.2, 0.25) is 11.8 Å². The molecule has 5 rings (SSSR count). The minimum absolute atomic E-state index is 0.139.